The van der Waals surface area contributed by atoms with Crippen LogP contribution in [-0.2, 0) is 14.4 Å². The van der Waals surface area contributed by atoms with E-state index >= 15 is 0 Å². The third-order valence-corrected chi connectivity index (χ3v) is 7.71. The SMILES string of the molecule is C[C@@H](O)[C@H]1C(=O)N2C(C(=O)O)=C(S[C@@H]3CN[C@H](C(=O)Nc4cccc(OC(F)F)n4)C3)[C@H](C)[C@H]12. The van der Waals surface area contributed by atoms with Crippen molar-refractivity contribution in [1.82, 2.24) is 15.2 Å². The number of nitrogens with one attached hydrogen (secondary N) is 2. The van der Waals surface area contributed by atoms with Crippen LogP contribution in [0.4, 0.5) is 14.6 Å². The van der Waals surface area contributed by atoms with Crippen LogP contribution in [0, 0.1) is 11.8 Å². The maximum absolute atomic E-state index is 12.6. The Balaban J connectivity index is 1.41. The van der Waals surface area contributed by atoms with Crippen molar-refractivity contribution in [1.29, 1.82) is 0 Å². The molecular formula is C21H24F2N4O6S. The van der Waals surface area contributed by atoms with Crippen LogP contribution in [-0.4, -0.2) is 74.5 Å². The molecule has 0 aliphatic carbocycles. The fraction of sp³-hybridized carbons (Fsp3) is 0.524. The topological polar surface area (TPSA) is 141 Å². The molecule has 0 unspecified atom stereocenters. The molecule has 4 heterocycles. The van der Waals surface area contributed by atoms with E-state index in [2.05, 4.69) is 20.4 Å². The minimum atomic E-state index is -3.03. The van der Waals surface area contributed by atoms with Gasteiger partial charge >= 0.3 is 12.6 Å². The Morgan fingerprint density at radius 2 is 2.12 bits per heavy atom. The Hall–Kier alpha value is -2.77. The summed E-state index contributed by atoms with van der Waals surface area (Å²) < 4.78 is 29.0. The molecule has 0 spiro atoms. The number of ether oxygens (including phenoxy) is 1. The maximum Gasteiger partial charge on any atom is 0.388 e. The van der Waals surface area contributed by atoms with Crippen LogP contribution in [0.2, 0.25) is 0 Å². The molecule has 184 valence electrons. The Kier molecular flexibility index (Phi) is 6.78. The number of anilines is 1. The highest BCUT2D eigenvalue weighted by molar-refractivity contribution is 8.03. The summed E-state index contributed by atoms with van der Waals surface area (Å²) in [5.41, 5.74) is -0.0580. The summed E-state index contributed by atoms with van der Waals surface area (Å²) in [7, 11) is 0. The number of aliphatic hydroxyl groups is 1. The Labute approximate surface area is 197 Å². The fourth-order valence-electron chi connectivity index (χ4n) is 4.71. The van der Waals surface area contributed by atoms with Crippen molar-refractivity contribution in [2.45, 2.75) is 50.3 Å². The Bertz CT molecular complexity index is 1040. The van der Waals surface area contributed by atoms with Crippen molar-refractivity contribution >= 4 is 35.4 Å². The van der Waals surface area contributed by atoms with Gasteiger partial charge in [-0.2, -0.15) is 13.8 Å². The van der Waals surface area contributed by atoms with E-state index in [0.717, 1.165) is 0 Å². The van der Waals surface area contributed by atoms with Crippen LogP contribution in [0.3, 0.4) is 0 Å². The summed E-state index contributed by atoms with van der Waals surface area (Å²) in [6.45, 7) is 0.747. The van der Waals surface area contributed by atoms with Gasteiger partial charge in [0, 0.05) is 28.7 Å². The summed E-state index contributed by atoms with van der Waals surface area (Å²) in [5.74, 6) is -3.17. The minimum absolute atomic E-state index is 0.0580. The zero-order valence-electron chi connectivity index (χ0n) is 18.3. The van der Waals surface area contributed by atoms with E-state index in [-0.39, 0.29) is 28.6 Å². The highest BCUT2D eigenvalue weighted by Crippen LogP contribution is 2.51. The molecule has 1 aromatic heterocycles. The van der Waals surface area contributed by atoms with Gasteiger partial charge < -0.3 is 30.5 Å². The van der Waals surface area contributed by atoms with Gasteiger partial charge in [0.1, 0.15) is 11.5 Å². The van der Waals surface area contributed by atoms with Gasteiger partial charge in [-0.05, 0) is 19.4 Å². The van der Waals surface area contributed by atoms with Gasteiger partial charge in [0.05, 0.1) is 24.1 Å². The maximum atomic E-state index is 12.6. The second kappa shape index (κ2) is 9.47. The van der Waals surface area contributed by atoms with Gasteiger partial charge in [0.2, 0.25) is 17.7 Å². The number of β-lactam (4-membered cyclic amide) rings is 1. The molecule has 13 heteroatoms. The minimum Gasteiger partial charge on any atom is -0.477 e. The first-order chi connectivity index (χ1) is 16.1. The van der Waals surface area contributed by atoms with Gasteiger partial charge in [0.15, 0.2) is 0 Å². The molecule has 3 aliphatic heterocycles. The lowest BCUT2D eigenvalue weighted by Gasteiger charge is -2.46. The molecule has 0 bridgehead atoms. The predicted octanol–water partition coefficient (Wildman–Crippen LogP) is 1.24. The highest BCUT2D eigenvalue weighted by Gasteiger charge is 2.60. The monoisotopic (exact) mass is 498 g/mol. The van der Waals surface area contributed by atoms with Gasteiger partial charge in [-0.1, -0.05) is 13.0 Å². The third kappa shape index (κ3) is 4.46. The number of aromatic nitrogens is 1. The number of hydrogen-bond donors (Lipinski definition) is 4. The molecule has 4 N–H and O–H groups in total. The van der Waals surface area contributed by atoms with Gasteiger partial charge in [-0.3, -0.25) is 9.59 Å². The number of thioether (sulfide) groups is 1. The van der Waals surface area contributed by atoms with Gasteiger partial charge in [0.25, 0.3) is 0 Å². The molecule has 2 fully saturated rings. The molecule has 34 heavy (non-hydrogen) atoms. The highest BCUT2D eigenvalue weighted by atomic mass is 32.2. The zero-order chi connectivity index (χ0) is 24.7. The number of carboxylic acid groups (broad SMARTS) is 1. The molecule has 6 atom stereocenters. The lowest BCUT2D eigenvalue weighted by atomic mass is 9.79. The number of pyridine rings is 1. The molecule has 2 saturated heterocycles. The summed E-state index contributed by atoms with van der Waals surface area (Å²) in [6, 6.07) is 3.11. The summed E-state index contributed by atoms with van der Waals surface area (Å²) in [6.07, 6.45) is -0.499. The molecule has 4 rings (SSSR count). The first kappa shape index (κ1) is 24.4. The van der Waals surface area contributed by atoms with Crippen LogP contribution >= 0.6 is 11.8 Å². The largest absolute Gasteiger partial charge is 0.477 e. The summed E-state index contributed by atoms with van der Waals surface area (Å²) in [4.78, 5) is 42.7. The van der Waals surface area contributed by atoms with Gasteiger partial charge in [-0.15, -0.1) is 11.8 Å². The van der Waals surface area contributed by atoms with Crippen LogP contribution < -0.4 is 15.4 Å². The van der Waals surface area contributed by atoms with E-state index in [1.54, 1.807) is 0 Å². The number of aliphatic hydroxyl groups excluding tert-OH is 1. The van der Waals surface area contributed by atoms with Crippen LogP contribution in [0.25, 0.3) is 0 Å². The number of rotatable bonds is 8. The first-order valence-corrected chi connectivity index (χ1v) is 11.6. The van der Waals surface area contributed by atoms with E-state index in [1.165, 1.54) is 41.8 Å². The van der Waals surface area contributed by atoms with Crippen molar-refractivity contribution in [3.05, 3.63) is 28.8 Å². The average molecular weight is 499 g/mol. The summed E-state index contributed by atoms with van der Waals surface area (Å²) >= 11 is 1.32. The lowest BCUT2D eigenvalue weighted by molar-refractivity contribution is -0.163. The molecule has 10 nitrogen and oxygen atoms in total. The van der Waals surface area contributed by atoms with E-state index in [9.17, 15) is 33.4 Å². The number of carbonyl (C=O) groups excluding carboxylic acids is 2. The lowest BCUT2D eigenvalue weighted by Crippen LogP contribution is -2.63. The molecule has 0 aromatic carbocycles. The average Bonchev–Trinajstić information content (AvgIpc) is 3.30. The Morgan fingerprint density at radius 3 is 2.76 bits per heavy atom. The Morgan fingerprint density at radius 1 is 1.38 bits per heavy atom. The van der Waals surface area contributed by atoms with Crippen LogP contribution in [0.5, 0.6) is 5.88 Å². The van der Waals surface area contributed by atoms with E-state index in [4.69, 9.17) is 0 Å². The van der Waals surface area contributed by atoms with Crippen molar-refractivity contribution < 1.29 is 38.1 Å². The number of carboxylic acids is 1. The number of aliphatic carboxylic acids is 1. The second-order valence-corrected chi connectivity index (χ2v) is 9.78. The molecular weight excluding hydrogens is 474 g/mol. The van der Waals surface area contributed by atoms with Crippen molar-refractivity contribution in [2.75, 3.05) is 11.9 Å². The zero-order valence-corrected chi connectivity index (χ0v) is 19.1. The number of amides is 2. The van der Waals surface area contributed by atoms with Crippen LogP contribution in [0.15, 0.2) is 28.8 Å². The molecule has 2 amide bonds. The number of fused-ring (bicyclic) bond motifs is 1. The first-order valence-electron chi connectivity index (χ1n) is 10.7. The molecule has 0 saturated carbocycles. The normalized spacial score (nSPS) is 29.2. The fourth-order valence-corrected chi connectivity index (χ4v) is 6.18. The molecule has 1 aromatic rings. The smallest absolute Gasteiger partial charge is 0.388 e. The van der Waals surface area contributed by atoms with Crippen LogP contribution in [0.1, 0.15) is 20.3 Å². The number of nitrogens with zero attached hydrogens (tertiary/aromatic N) is 2. The summed E-state index contributed by atoms with van der Waals surface area (Å²) in [5, 5.41) is 25.2. The molecule has 0 radical (unpaired) electrons. The standard InChI is InChI=1S/C21H24F2N4O6S/c1-8-15-14(9(2)28)19(30)27(15)16(20(31)32)17(8)34-10-6-11(24-7-10)18(29)26-12-4-3-5-13(25-12)33-21(22)23/h3-5,8-11,14-15,21,24,28H,6-7H2,1-2H3,(H,31,32)(H,25,26,29)/t8-,9-,10+,11+,14-,15-/m1/s1. The predicted molar refractivity (Wildman–Crippen MR) is 117 cm³/mol. The van der Waals surface area contributed by atoms with Crippen molar-refractivity contribution in [3.8, 4) is 5.88 Å². The van der Waals surface area contributed by atoms with E-state index in [1.807, 2.05) is 6.92 Å². The van der Waals surface area contributed by atoms with Crippen molar-refractivity contribution in [3.63, 3.8) is 0 Å². The number of alkyl halides is 2. The number of carbonyl (C=O) groups is 3. The van der Waals surface area contributed by atoms with E-state index < -0.39 is 48.5 Å². The third-order valence-electron chi connectivity index (χ3n) is 6.20. The number of hydrogen-bond acceptors (Lipinski definition) is 8. The van der Waals surface area contributed by atoms with E-state index in [0.29, 0.717) is 17.9 Å². The second-order valence-electron chi connectivity index (χ2n) is 8.44. The number of halogens is 2. The van der Waals surface area contributed by atoms with Gasteiger partial charge in [-0.25, -0.2) is 4.79 Å². The van der Waals surface area contributed by atoms with Crippen molar-refractivity contribution in [2.24, 2.45) is 11.8 Å². The quantitative estimate of drug-likeness (QED) is 0.390. The molecule has 3 aliphatic rings.